The fourth-order valence-electron chi connectivity index (χ4n) is 2.07. The highest BCUT2D eigenvalue weighted by Gasteiger charge is 2.29. The first-order valence-corrected chi connectivity index (χ1v) is 6.47. The SMILES string of the molecule is O=C(O)C1CCC(CO)O1.OCC1CCC(CO)O1. The number of aliphatic hydroxyl groups excluding tert-OH is 3. The van der Waals surface area contributed by atoms with Gasteiger partial charge in [-0.25, -0.2) is 4.79 Å². The lowest BCUT2D eigenvalue weighted by Crippen LogP contribution is -2.21. The third-order valence-electron chi connectivity index (χ3n) is 3.19. The van der Waals surface area contributed by atoms with Crippen molar-refractivity contribution < 1.29 is 34.7 Å². The summed E-state index contributed by atoms with van der Waals surface area (Å²) in [5.41, 5.74) is 0. The van der Waals surface area contributed by atoms with Crippen molar-refractivity contribution in [1.82, 2.24) is 0 Å². The topological polar surface area (TPSA) is 116 Å². The number of aliphatic carboxylic acids is 1. The Morgan fingerprint density at radius 1 is 0.842 bits per heavy atom. The van der Waals surface area contributed by atoms with Gasteiger partial charge >= 0.3 is 5.97 Å². The normalized spacial score (nSPS) is 33.8. The van der Waals surface area contributed by atoms with Crippen molar-refractivity contribution in [2.45, 2.75) is 50.1 Å². The van der Waals surface area contributed by atoms with Crippen molar-refractivity contribution in [3.8, 4) is 0 Å². The van der Waals surface area contributed by atoms with Crippen LogP contribution in [0.1, 0.15) is 25.7 Å². The first-order chi connectivity index (χ1) is 9.10. The van der Waals surface area contributed by atoms with E-state index in [-0.39, 0.29) is 38.1 Å². The second kappa shape index (κ2) is 8.44. The summed E-state index contributed by atoms with van der Waals surface area (Å²) in [6, 6.07) is 0. The molecule has 2 heterocycles. The minimum atomic E-state index is -0.934. The summed E-state index contributed by atoms with van der Waals surface area (Å²) in [5.74, 6) is -0.934. The van der Waals surface area contributed by atoms with Crippen LogP contribution in [0.15, 0.2) is 0 Å². The first kappa shape index (κ1) is 16.3. The molecule has 0 aromatic heterocycles. The van der Waals surface area contributed by atoms with E-state index in [1.807, 2.05) is 0 Å². The van der Waals surface area contributed by atoms with Crippen molar-refractivity contribution in [3.05, 3.63) is 0 Å². The molecule has 0 bridgehead atoms. The Morgan fingerprint density at radius 2 is 1.26 bits per heavy atom. The van der Waals surface area contributed by atoms with Gasteiger partial charge in [0.15, 0.2) is 6.10 Å². The Labute approximate surface area is 111 Å². The number of hydrogen-bond acceptors (Lipinski definition) is 6. The highest BCUT2D eigenvalue weighted by atomic mass is 16.5. The van der Waals surface area contributed by atoms with Gasteiger partial charge in [0, 0.05) is 0 Å². The van der Waals surface area contributed by atoms with Crippen LogP contribution in [0.2, 0.25) is 0 Å². The lowest BCUT2D eigenvalue weighted by molar-refractivity contribution is -0.150. The molecule has 0 aromatic rings. The van der Waals surface area contributed by atoms with E-state index in [2.05, 4.69) is 0 Å². The van der Waals surface area contributed by atoms with Crippen molar-refractivity contribution >= 4 is 5.97 Å². The standard InChI is InChI=1S/C6H10O4.C6H12O3/c7-3-4-1-2-5(10-4)6(8)9;7-3-5-1-2-6(4-8)9-5/h4-5,7H,1-3H2,(H,8,9);5-8H,1-4H2. The summed E-state index contributed by atoms with van der Waals surface area (Å²) >= 11 is 0. The molecule has 0 aromatic carbocycles. The van der Waals surface area contributed by atoms with Crippen LogP contribution >= 0.6 is 0 Å². The van der Waals surface area contributed by atoms with Gasteiger partial charge in [-0.3, -0.25) is 0 Å². The number of hydrogen-bond donors (Lipinski definition) is 4. The summed E-state index contributed by atoms with van der Waals surface area (Å²) in [6.45, 7) is 0.0801. The molecule has 4 N–H and O–H groups in total. The Balaban J connectivity index is 0.000000191. The van der Waals surface area contributed by atoms with Gasteiger partial charge in [-0.2, -0.15) is 0 Å². The number of carboxylic acid groups (broad SMARTS) is 1. The molecule has 0 amide bonds. The van der Waals surface area contributed by atoms with Gasteiger partial charge in [0.25, 0.3) is 0 Å². The van der Waals surface area contributed by atoms with Crippen molar-refractivity contribution in [1.29, 1.82) is 0 Å². The van der Waals surface area contributed by atoms with Crippen LogP contribution in [-0.4, -0.2) is 70.6 Å². The molecule has 19 heavy (non-hydrogen) atoms. The molecular weight excluding hydrogens is 256 g/mol. The molecule has 7 heteroatoms. The molecule has 0 spiro atoms. The second-order valence-electron chi connectivity index (χ2n) is 4.67. The molecule has 2 aliphatic heterocycles. The maximum Gasteiger partial charge on any atom is 0.332 e. The van der Waals surface area contributed by atoms with Crippen LogP contribution in [0.25, 0.3) is 0 Å². The highest BCUT2D eigenvalue weighted by molar-refractivity contribution is 5.72. The second-order valence-corrected chi connectivity index (χ2v) is 4.67. The quantitative estimate of drug-likeness (QED) is 0.528. The molecule has 2 saturated heterocycles. The minimum Gasteiger partial charge on any atom is -0.479 e. The smallest absolute Gasteiger partial charge is 0.332 e. The van der Waals surface area contributed by atoms with Crippen molar-refractivity contribution in [2.75, 3.05) is 19.8 Å². The number of rotatable bonds is 4. The molecule has 2 aliphatic rings. The van der Waals surface area contributed by atoms with Crippen molar-refractivity contribution in [3.63, 3.8) is 0 Å². The Kier molecular flexibility index (Phi) is 7.25. The van der Waals surface area contributed by atoms with Gasteiger partial charge in [0.2, 0.25) is 0 Å². The Morgan fingerprint density at radius 3 is 1.53 bits per heavy atom. The number of carbonyl (C=O) groups is 1. The summed E-state index contributed by atoms with van der Waals surface area (Å²) in [5, 5.41) is 34.1. The molecule has 2 fully saturated rings. The number of ether oxygens (including phenoxy) is 2. The maximum atomic E-state index is 10.3. The third kappa shape index (κ3) is 5.42. The average Bonchev–Trinajstić information content (AvgIpc) is 3.08. The van der Waals surface area contributed by atoms with Crippen LogP contribution in [0.4, 0.5) is 0 Å². The summed E-state index contributed by atoms with van der Waals surface area (Å²) < 4.78 is 10.1. The van der Waals surface area contributed by atoms with Gasteiger partial charge in [0.05, 0.1) is 38.1 Å². The lowest BCUT2D eigenvalue weighted by Gasteiger charge is -2.07. The zero-order valence-electron chi connectivity index (χ0n) is 10.8. The summed E-state index contributed by atoms with van der Waals surface area (Å²) in [7, 11) is 0. The van der Waals surface area contributed by atoms with Crippen molar-refractivity contribution in [2.24, 2.45) is 0 Å². The van der Waals surface area contributed by atoms with Gasteiger partial charge in [-0.1, -0.05) is 0 Å². The van der Waals surface area contributed by atoms with Gasteiger partial charge < -0.3 is 29.9 Å². The molecule has 7 nitrogen and oxygen atoms in total. The Bertz CT molecular complexity index is 261. The van der Waals surface area contributed by atoms with E-state index in [0.717, 1.165) is 12.8 Å². The average molecular weight is 278 g/mol. The van der Waals surface area contributed by atoms with Crippen LogP contribution in [-0.2, 0) is 14.3 Å². The van der Waals surface area contributed by atoms with E-state index in [4.69, 9.17) is 29.9 Å². The predicted octanol–water partition coefficient (Wildman–Crippen LogP) is -0.870. The largest absolute Gasteiger partial charge is 0.479 e. The van der Waals surface area contributed by atoms with Crippen LogP contribution in [0.5, 0.6) is 0 Å². The van der Waals surface area contributed by atoms with E-state index in [1.54, 1.807) is 0 Å². The van der Waals surface area contributed by atoms with Crippen LogP contribution in [0, 0.1) is 0 Å². The fourth-order valence-corrected chi connectivity index (χ4v) is 2.07. The molecule has 4 atom stereocenters. The molecule has 4 unspecified atom stereocenters. The van der Waals surface area contributed by atoms with Gasteiger partial charge in [-0.15, -0.1) is 0 Å². The molecule has 0 saturated carbocycles. The van der Waals surface area contributed by atoms with E-state index in [1.165, 1.54) is 0 Å². The Hall–Kier alpha value is -0.730. The van der Waals surface area contributed by atoms with Crippen LogP contribution in [0.3, 0.4) is 0 Å². The third-order valence-corrected chi connectivity index (χ3v) is 3.19. The number of aliphatic hydroxyl groups is 3. The molecule has 0 aliphatic carbocycles. The lowest BCUT2D eigenvalue weighted by atomic mass is 10.2. The zero-order valence-corrected chi connectivity index (χ0v) is 10.8. The zero-order chi connectivity index (χ0) is 14.3. The molecular formula is C12H22O7. The van der Waals surface area contributed by atoms with Gasteiger partial charge in [-0.05, 0) is 25.7 Å². The monoisotopic (exact) mass is 278 g/mol. The fraction of sp³-hybridized carbons (Fsp3) is 0.917. The van der Waals surface area contributed by atoms with Crippen LogP contribution < -0.4 is 0 Å². The summed E-state index contributed by atoms with van der Waals surface area (Å²) in [6.07, 6.45) is 1.90. The molecule has 2 rings (SSSR count). The maximum absolute atomic E-state index is 10.3. The van der Waals surface area contributed by atoms with E-state index in [0.29, 0.717) is 12.8 Å². The first-order valence-electron chi connectivity index (χ1n) is 6.47. The predicted molar refractivity (Wildman–Crippen MR) is 64.7 cm³/mol. The van der Waals surface area contributed by atoms with Gasteiger partial charge in [0.1, 0.15) is 0 Å². The number of carboxylic acids is 1. The minimum absolute atomic E-state index is 0.0258. The molecule has 112 valence electrons. The van der Waals surface area contributed by atoms with E-state index < -0.39 is 12.1 Å². The summed E-state index contributed by atoms with van der Waals surface area (Å²) in [4.78, 5) is 10.3. The van der Waals surface area contributed by atoms with E-state index >= 15 is 0 Å². The van der Waals surface area contributed by atoms with E-state index in [9.17, 15) is 4.79 Å². The molecule has 0 radical (unpaired) electrons. The highest BCUT2D eigenvalue weighted by Crippen LogP contribution is 2.19.